The van der Waals surface area contributed by atoms with Gasteiger partial charge in [0.15, 0.2) is 0 Å². The van der Waals surface area contributed by atoms with Gasteiger partial charge in [-0.1, -0.05) is 30.3 Å². The van der Waals surface area contributed by atoms with Crippen molar-refractivity contribution in [3.63, 3.8) is 0 Å². The first-order valence-corrected chi connectivity index (χ1v) is 7.27. The van der Waals surface area contributed by atoms with Gasteiger partial charge in [0.2, 0.25) is 5.95 Å². The van der Waals surface area contributed by atoms with Crippen LogP contribution in [0.5, 0.6) is 0 Å². The molecule has 20 heavy (non-hydrogen) atoms. The lowest BCUT2D eigenvalue weighted by Gasteiger charge is -2.17. The molecule has 1 aromatic heterocycles. The van der Waals surface area contributed by atoms with Gasteiger partial charge in [0.1, 0.15) is 0 Å². The zero-order chi connectivity index (χ0) is 14.2. The van der Waals surface area contributed by atoms with Crippen molar-refractivity contribution in [1.82, 2.24) is 14.5 Å². The number of hydrogen-bond donors (Lipinski definition) is 1. The van der Waals surface area contributed by atoms with Gasteiger partial charge in [0.25, 0.3) is 0 Å². The van der Waals surface area contributed by atoms with Gasteiger partial charge in [0.05, 0.1) is 0 Å². The Hall–Kier alpha value is -1.81. The molecule has 1 heterocycles. The average Bonchev–Trinajstić information content (AvgIpc) is 2.92. The molecule has 2 aromatic rings. The molecular formula is C16H24N4. The lowest BCUT2D eigenvalue weighted by atomic mass is 10.2. The highest BCUT2D eigenvalue weighted by Gasteiger charge is 2.02. The lowest BCUT2D eigenvalue weighted by molar-refractivity contribution is 0.325. The highest BCUT2D eigenvalue weighted by atomic mass is 15.2. The molecular weight excluding hydrogens is 248 g/mol. The molecule has 0 aliphatic heterocycles. The number of anilines is 1. The van der Waals surface area contributed by atoms with Crippen LogP contribution in [0.1, 0.15) is 18.9 Å². The second-order valence-electron chi connectivity index (χ2n) is 5.04. The summed E-state index contributed by atoms with van der Waals surface area (Å²) in [6, 6.07) is 10.6. The van der Waals surface area contributed by atoms with Gasteiger partial charge in [0, 0.05) is 32.0 Å². The fourth-order valence-electron chi connectivity index (χ4n) is 2.25. The fraction of sp³-hybridized carbons (Fsp3) is 0.438. The SMILES string of the molecule is CCn1ccnc1NCCCN(C)Cc1ccccc1. The van der Waals surface area contributed by atoms with E-state index in [1.165, 1.54) is 5.56 Å². The van der Waals surface area contributed by atoms with E-state index >= 15 is 0 Å². The molecule has 2 rings (SSSR count). The summed E-state index contributed by atoms with van der Waals surface area (Å²) in [6.45, 7) is 6.12. The number of benzene rings is 1. The van der Waals surface area contributed by atoms with E-state index in [9.17, 15) is 0 Å². The molecule has 0 radical (unpaired) electrons. The normalized spacial score (nSPS) is 10.9. The van der Waals surface area contributed by atoms with Gasteiger partial charge in [-0.25, -0.2) is 4.98 Å². The van der Waals surface area contributed by atoms with Crippen LogP contribution in [0.2, 0.25) is 0 Å². The number of imidazole rings is 1. The minimum atomic E-state index is 0.955. The van der Waals surface area contributed by atoms with Crippen molar-refractivity contribution in [3.8, 4) is 0 Å². The van der Waals surface area contributed by atoms with E-state index in [0.29, 0.717) is 0 Å². The third-order valence-corrected chi connectivity index (χ3v) is 3.35. The van der Waals surface area contributed by atoms with Crippen LogP contribution in [-0.2, 0) is 13.1 Å². The smallest absolute Gasteiger partial charge is 0.202 e. The van der Waals surface area contributed by atoms with Gasteiger partial charge < -0.3 is 14.8 Å². The number of rotatable bonds is 8. The van der Waals surface area contributed by atoms with Gasteiger partial charge in [-0.2, -0.15) is 0 Å². The Bertz CT molecular complexity index is 492. The molecule has 0 saturated carbocycles. The number of nitrogens with zero attached hydrogens (tertiary/aromatic N) is 3. The number of aryl methyl sites for hydroxylation is 1. The maximum absolute atomic E-state index is 4.31. The van der Waals surface area contributed by atoms with Crippen molar-refractivity contribution in [3.05, 3.63) is 48.3 Å². The second-order valence-corrected chi connectivity index (χ2v) is 5.04. The molecule has 0 bridgehead atoms. The van der Waals surface area contributed by atoms with Crippen LogP contribution in [0.4, 0.5) is 5.95 Å². The standard InChI is InChI=1S/C16H24N4/c1-3-20-13-11-18-16(20)17-10-7-12-19(2)14-15-8-5-4-6-9-15/h4-6,8-9,11,13H,3,7,10,12,14H2,1-2H3,(H,17,18). The Morgan fingerprint density at radius 1 is 1.25 bits per heavy atom. The van der Waals surface area contributed by atoms with Crippen molar-refractivity contribution >= 4 is 5.95 Å². The predicted molar refractivity (Wildman–Crippen MR) is 83.8 cm³/mol. The topological polar surface area (TPSA) is 33.1 Å². The van der Waals surface area contributed by atoms with Crippen LogP contribution in [0, 0.1) is 0 Å². The zero-order valence-corrected chi connectivity index (χ0v) is 12.4. The minimum absolute atomic E-state index is 0.955. The highest BCUT2D eigenvalue weighted by Crippen LogP contribution is 2.05. The van der Waals surface area contributed by atoms with Gasteiger partial charge in [-0.3, -0.25) is 0 Å². The largest absolute Gasteiger partial charge is 0.356 e. The summed E-state index contributed by atoms with van der Waals surface area (Å²) in [5.41, 5.74) is 1.37. The van der Waals surface area contributed by atoms with Crippen LogP contribution in [0.3, 0.4) is 0 Å². The van der Waals surface area contributed by atoms with Crippen molar-refractivity contribution in [2.24, 2.45) is 0 Å². The first-order valence-electron chi connectivity index (χ1n) is 7.27. The molecule has 0 amide bonds. The van der Waals surface area contributed by atoms with E-state index < -0.39 is 0 Å². The summed E-state index contributed by atoms with van der Waals surface area (Å²) in [7, 11) is 2.17. The molecule has 0 atom stereocenters. The fourth-order valence-corrected chi connectivity index (χ4v) is 2.25. The van der Waals surface area contributed by atoms with E-state index in [1.807, 2.05) is 12.4 Å². The molecule has 0 aliphatic carbocycles. The summed E-state index contributed by atoms with van der Waals surface area (Å²) < 4.78 is 2.12. The van der Waals surface area contributed by atoms with E-state index in [1.54, 1.807) is 0 Å². The number of nitrogens with one attached hydrogen (secondary N) is 1. The maximum Gasteiger partial charge on any atom is 0.202 e. The van der Waals surface area contributed by atoms with Crippen LogP contribution >= 0.6 is 0 Å². The number of aromatic nitrogens is 2. The Labute approximate surface area is 121 Å². The monoisotopic (exact) mass is 272 g/mol. The third-order valence-electron chi connectivity index (χ3n) is 3.35. The summed E-state index contributed by atoms with van der Waals surface area (Å²) in [5.74, 6) is 0.971. The number of hydrogen-bond acceptors (Lipinski definition) is 3. The van der Waals surface area contributed by atoms with Crippen LogP contribution in [-0.4, -0.2) is 34.6 Å². The zero-order valence-electron chi connectivity index (χ0n) is 12.4. The van der Waals surface area contributed by atoms with E-state index in [2.05, 4.69) is 64.1 Å². The Morgan fingerprint density at radius 3 is 2.80 bits per heavy atom. The van der Waals surface area contributed by atoms with Crippen molar-refractivity contribution in [1.29, 1.82) is 0 Å². The molecule has 0 spiro atoms. The first kappa shape index (κ1) is 14.6. The third kappa shape index (κ3) is 4.38. The molecule has 4 heteroatoms. The van der Waals surface area contributed by atoms with Crippen molar-refractivity contribution in [2.45, 2.75) is 26.4 Å². The van der Waals surface area contributed by atoms with Crippen molar-refractivity contribution < 1.29 is 0 Å². The van der Waals surface area contributed by atoms with Crippen LogP contribution in [0.25, 0.3) is 0 Å². The Kier molecular flexibility index (Phi) is 5.62. The first-order chi connectivity index (χ1) is 9.79. The quantitative estimate of drug-likeness (QED) is 0.750. The van der Waals surface area contributed by atoms with Crippen molar-refractivity contribution in [2.75, 3.05) is 25.5 Å². The molecule has 0 saturated heterocycles. The average molecular weight is 272 g/mol. The molecule has 1 N–H and O–H groups in total. The summed E-state index contributed by atoms with van der Waals surface area (Å²) in [5, 5.41) is 3.39. The van der Waals surface area contributed by atoms with E-state index in [0.717, 1.165) is 38.5 Å². The van der Waals surface area contributed by atoms with E-state index in [-0.39, 0.29) is 0 Å². The minimum Gasteiger partial charge on any atom is -0.356 e. The van der Waals surface area contributed by atoms with Gasteiger partial charge in [-0.05, 0) is 32.5 Å². The Balaban J connectivity index is 1.66. The molecule has 0 aliphatic rings. The second kappa shape index (κ2) is 7.70. The maximum atomic E-state index is 4.31. The highest BCUT2D eigenvalue weighted by molar-refractivity contribution is 5.25. The van der Waals surface area contributed by atoms with Gasteiger partial charge >= 0.3 is 0 Å². The molecule has 4 nitrogen and oxygen atoms in total. The summed E-state index contributed by atoms with van der Waals surface area (Å²) in [6.07, 6.45) is 4.96. The Morgan fingerprint density at radius 2 is 2.05 bits per heavy atom. The van der Waals surface area contributed by atoms with Crippen LogP contribution < -0.4 is 5.32 Å². The van der Waals surface area contributed by atoms with Gasteiger partial charge in [-0.15, -0.1) is 0 Å². The molecule has 0 fully saturated rings. The molecule has 0 unspecified atom stereocenters. The lowest BCUT2D eigenvalue weighted by Crippen LogP contribution is -2.21. The predicted octanol–water partition coefficient (Wildman–Crippen LogP) is 2.84. The van der Waals surface area contributed by atoms with Crippen LogP contribution in [0.15, 0.2) is 42.7 Å². The summed E-state index contributed by atoms with van der Waals surface area (Å²) in [4.78, 5) is 6.66. The van der Waals surface area contributed by atoms with E-state index in [4.69, 9.17) is 0 Å². The molecule has 108 valence electrons. The summed E-state index contributed by atoms with van der Waals surface area (Å²) >= 11 is 0. The molecule has 1 aromatic carbocycles.